The van der Waals surface area contributed by atoms with E-state index < -0.39 is 0 Å². The van der Waals surface area contributed by atoms with Crippen LogP contribution in [0, 0.1) is 12.3 Å². The number of benzene rings is 1. The van der Waals surface area contributed by atoms with Crippen LogP contribution in [0.15, 0.2) is 35.2 Å². The molecule has 0 aliphatic carbocycles. The highest BCUT2D eigenvalue weighted by atomic mass is 32.2. The molecule has 0 saturated heterocycles. The van der Waals surface area contributed by atoms with Crippen LogP contribution in [0.25, 0.3) is 11.6 Å². The highest BCUT2D eigenvalue weighted by molar-refractivity contribution is 8.04. The van der Waals surface area contributed by atoms with E-state index in [0.717, 1.165) is 6.42 Å². The molecule has 1 rings (SSSR count). The Morgan fingerprint density at radius 1 is 1.29 bits per heavy atom. The van der Waals surface area contributed by atoms with Crippen LogP contribution in [0.1, 0.15) is 58.1 Å². The summed E-state index contributed by atoms with van der Waals surface area (Å²) < 4.78 is 0. The van der Waals surface area contributed by atoms with Crippen molar-refractivity contribution in [3.63, 3.8) is 0 Å². The summed E-state index contributed by atoms with van der Waals surface area (Å²) in [6, 6.07) is 8.76. The first-order chi connectivity index (χ1) is 10.1. The Kier molecular flexibility index (Phi) is 8.01. The minimum atomic E-state index is 0.223. The van der Waals surface area contributed by atoms with E-state index in [1.54, 1.807) is 11.8 Å². The van der Waals surface area contributed by atoms with E-state index in [4.69, 9.17) is 6.42 Å². The van der Waals surface area contributed by atoms with Crippen LogP contribution in [-0.4, -0.2) is 5.25 Å². The molecular weight excluding hydrogens is 272 g/mol. The van der Waals surface area contributed by atoms with Crippen molar-refractivity contribution in [2.24, 2.45) is 0 Å². The maximum absolute atomic E-state index is 5.45. The molecule has 0 amide bonds. The third-order valence-corrected chi connectivity index (χ3v) is 4.64. The van der Waals surface area contributed by atoms with Gasteiger partial charge in [-0.15, -0.1) is 18.2 Å². The van der Waals surface area contributed by atoms with Crippen LogP contribution in [0.3, 0.4) is 0 Å². The number of unbranched alkanes of at least 4 members (excludes halogenated alkanes) is 2. The molecular formula is C20H26S. The fourth-order valence-corrected chi connectivity index (χ4v) is 2.87. The van der Waals surface area contributed by atoms with Crippen molar-refractivity contribution in [1.29, 1.82) is 0 Å². The Bertz CT molecular complexity index is 526. The van der Waals surface area contributed by atoms with Crippen molar-refractivity contribution < 1.29 is 0 Å². The molecule has 0 heterocycles. The molecule has 0 radical (unpaired) electrons. The van der Waals surface area contributed by atoms with Crippen molar-refractivity contribution in [3.05, 3.63) is 46.4 Å². The number of hydrogen-bond acceptors (Lipinski definition) is 1. The first-order valence-electron chi connectivity index (χ1n) is 7.65. The zero-order valence-corrected chi connectivity index (χ0v) is 14.5. The van der Waals surface area contributed by atoms with Crippen LogP contribution < -0.4 is 0 Å². The third kappa shape index (κ3) is 6.27. The lowest BCUT2D eigenvalue weighted by Crippen LogP contribution is -1.91. The van der Waals surface area contributed by atoms with E-state index in [1.165, 1.54) is 34.4 Å². The Hall–Kier alpha value is -1.39. The molecule has 1 heteroatoms. The Morgan fingerprint density at radius 3 is 2.52 bits per heavy atom. The van der Waals surface area contributed by atoms with Gasteiger partial charge in [0, 0.05) is 0 Å². The SMILES string of the molecule is C#CC(C)S/C(C)=C(\C)c1ccc(/C=C\CCCC)cc1. The lowest BCUT2D eigenvalue weighted by atomic mass is 10.0. The predicted octanol–water partition coefficient (Wildman–Crippen LogP) is 6.40. The minimum Gasteiger partial charge on any atom is -0.119 e. The van der Waals surface area contributed by atoms with Gasteiger partial charge in [0.25, 0.3) is 0 Å². The molecule has 1 unspecified atom stereocenters. The molecule has 0 nitrogen and oxygen atoms in total. The Morgan fingerprint density at radius 2 is 1.95 bits per heavy atom. The predicted molar refractivity (Wildman–Crippen MR) is 99.2 cm³/mol. The van der Waals surface area contributed by atoms with Crippen LogP contribution in [0.5, 0.6) is 0 Å². The van der Waals surface area contributed by atoms with Gasteiger partial charge < -0.3 is 0 Å². The average molecular weight is 298 g/mol. The molecule has 0 saturated carbocycles. The van der Waals surface area contributed by atoms with Gasteiger partial charge in [-0.1, -0.05) is 62.1 Å². The maximum atomic E-state index is 5.45. The van der Waals surface area contributed by atoms with Crippen molar-refractivity contribution in [1.82, 2.24) is 0 Å². The summed E-state index contributed by atoms with van der Waals surface area (Å²) in [5, 5.41) is 0.223. The third-order valence-electron chi connectivity index (χ3n) is 3.49. The molecule has 0 aromatic heterocycles. The summed E-state index contributed by atoms with van der Waals surface area (Å²) in [4.78, 5) is 1.30. The second-order valence-corrected chi connectivity index (χ2v) is 6.83. The van der Waals surface area contributed by atoms with Gasteiger partial charge in [0.05, 0.1) is 5.25 Å². The van der Waals surface area contributed by atoms with Gasteiger partial charge in [-0.3, -0.25) is 0 Å². The van der Waals surface area contributed by atoms with E-state index in [1.807, 2.05) is 0 Å². The van der Waals surface area contributed by atoms with Crippen molar-refractivity contribution in [3.8, 4) is 12.3 Å². The number of allylic oxidation sites excluding steroid dienone is 3. The van der Waals surface area contributed by atoms with Crippen LogP contribution >= 0.6 is 11.8 Å². The molecule has 112 valence electrons. The van der Waals surface area contributed by atoms with Gasteiger partial charge in [-0.25, -0.2) is 0 Å². The van der Waals surface area contributed by atoms with Crippen LogP contribution in [0.2, 0.25) is 0 Å². The zero-order chi connectivity index (χ0) is 15.7. The molecule has 0 spiro atoms. The number of rotatable bonds is 7. The molecule has 0 aliphatic rings. The second kappa shape index (κ2) is 9.53. The first-order valence-corrected chi connectivity index (χ1v) is 8.53. The van der Waals surface area contributed by atoms with E-state index in [-0.39, 0.29) is 5.25 Å². The van der Waals surface area contributed by atoms with Crippen LogP contribution in [0.4, 0.5) is 0 Å². The van der Waals surface area contributed by atoms with Crippen LogP contribution in [-0.2, 0) is 0 Å². The summed E-state index contributed by atoms with van der Waals surface area (Å²) >= 11 is 1.76. The summed E-state index contributed by atoms with van der Waals surface area (Å²) in [6.45, 7) is 8.59. The van der Waals surface area contributed by atoms with Gasteiger partial charge in [-0.05, 0) is 48.8 Å². The highest BCUT2D eigenvalue weighted by Gasteiger charge is 2.04. The average Bonchev–Trinajstić information content (AvgIpc) is 2.51. The van der Waals surface area contributed by atoms with Crippen molar-refractivity contribution in [2.45, 2.75) is 52.2 Å². The van der Waals surface area contributed by atoms with Gasteiger partial charge >= 0.3 is 0 Å². The molecule has 0 N–H and O–H groups in total. The number of terminal acetylenes is 1. The largest absolute Gasteiger partial charge is 0.119 e. The van der Waals surface area contributed by atoms with E-state index in [2.05, 4.69) is 70.0 Å². The molecule has 0 aliphatic heterocycles. The first kappa shape index (κ1) is 17.7. The number of thioether (sulfide) groups is 1. The quantitative estimate of drug-likeness (QED) is 0.415. The normalized spacial score (nSPS) is 13.9. The molecule has 1 aromatic rings. The minimum absolute atomic E-state index is 0.223. The fourth-order valence-electron chi connectivity index (χ4n) is 1.98. The number of hydrogen-bond donors (Lipinski definition) is 0. The monoisotopic (exact) mass is 298 g/mol. The molecule has 21 heavy (non-hydrogen) atoms. The maximum Gasteiger partial charge on any atom is 0.0670 e. The molecule has 1 aromatic carbocycles. The Balaban J connectivity index is 2.75. The van der Waals surface area contributed by atoms with E-state index >= 15 is 0 Å². The van der Waals surface area contributed by atoms with Gasteiger partial charge in [0.1, 0.15) is 0 Å². The van der Waals surface area contributed by atoms with E-state index in [0.29, 0.717) is 0 Å². The smallest absolute Gasteiger partial charge is 0.0670 e. The standard InChI is InChI=1S/C20H26S/c1-6-8-9-10-11-19-12-14-20(15-13-19)17(4)18(5)21-16(3)7-2/h2,10-16H,6,8-9H2,1,3-5H3/b11-10-,18-17+. The highest BCUT2D eigenvalue weighted by Crippen LogP contribution is 2.29. The van der Waals surface area contributed by atoms with Gasteiger partial charge in [-0.2, -0.15) is 0 Å². The summed E-state index contributed by atoms with van der Waals surface area (Å²) in [7, 11) is 0. The fraction of sp³-hybridized carbons (Fsp3) is 0.400. The van der Waals surface area contributed by atoms with Crippen molar-refractivity contribution >= 4 is 23.4 Å². The topological polar surface area (TPSA) is 0 Å². The molecule has 0 bridgehead atoms. The second-order valence-electron chi connectivity index (χ2n) is 5.27. The summed E-state index contributed by atoms with van der Waals surface area (Å²) in [5.41, 5.74) is 3.85. The van der Waals surface area contributed by atoms with Gasteiger partial charge in [0.2, 0.25) is 0 Å². The Labute approximate surface area is 134 Å². The molecule has 1 atom stereocenters. The zero-order valence-electron chi connectivity index (χ0n) is 13.6. The van der Waals surface area contributed by atoms with Crippen molar-refractivity contribution in [2.75, 3.05) is 0 Å². The lowest BCUT2D eigenvalue weighted by molar-refractivity contribution is 0.816. The summed E-state index contributed by atoms with van der Waals surface area (Å²) in [6.07, 6.45) is 13.6. The lowest BCUT2D eigenvalue weighted by Gasteiger charge is -2.10. The van der Waals surface area contributed by atoms with E-state index in [9.17, 15) is 0 Å². The van der Waals surface area contributed by atoms with Gasteiger partial charge in [0.15, 0.2) is 0 Å². The summed E-state index contributed by atoms with van der Waals surface area (Å²) in [5.74, 6) is 2.76. The molecule has 0 fully saturated rings.